The number of aryl methyl sites for hydroxylation is 1. The molecule has 0 aliphatic heterocycles. The second kappa shape index (κ2) is 9.44. The van der Waals surface area contributed by atoms with Crippen molar-refractivity contribution in [1.82, 2.24) is 20.0 Å². The standard InChI is InChI=1S/C23H23ClN6O4/c1-12-16(24)6-5-7-17(12)26-22(31)20-21(25)30(29-28-20)11-18-13(2)34-23(27-18)15-9-8-14(32-3)10-19(15)33-4/h5-10H,11,25H2,1-4H3,(H,26,31). The number of hydrogen-bond acceptors (Lipinski definition) is 8. The van der Waals surface area contributed by atoms with Gasteiger partial charge in [0, 0.05) is 16.8 Å². The Morgan fingerprint density at radius 2 is 2.00 bits per heavy atom. The normalized spacial score (nSPS) is 10.9. The van der Waals surface area contributed by atoms with Crippen molar-refractivity contribution in [2.75, 3.05) is 25.3 Å². The van der Waals surface area contributed by atoms with Crippen LogP contribution in [-0.4, -0.2) is 40.1 Å². The summed E-state index contributed by atoms with van der Waals surface area (Å²) in [4.78, 5) is 17.3. The van der Waals surface area contributed by atoms with Crippen molar-refractivity contribution in [1.29, 1.82) is 0 Å². The first-order chi connectivity index (χ1) is 16.3. The molecule has 2 aromatic carbocycles. The molecule has 0 aliphatic carbocycles. The maximum atomic E-state index is 12.7. The molecule has 11 heteroatoms. The van der Waals surface area contributed by atoms with Crippen LogP contribution in [0.15, 0.2) is 40.8 Å². The monoisotopic (exact) mass is 482 g/mol. The zero-order chi connectivity index (χ0) is 24.4. The smallest absolute Gasteiger partial charge is 0.280 e. The van der Waals surface area contributed by atoms with E-state index in [1.54, 1.807) is 64.5 Å². The first-order valence-corrected chi connectivity index (χ1v) is 10.6. The Morgan fingerprint density at radius 3 is 2.74 bits per heavy atom. The minimum absolute atomic E-state index is 0.00225. The first kappa shape index (κ1) is 23.1. The predicted molar refractivity (Wildman–Crippen MR) is 127 cm³/mol. The molecule has 0 radical (unpaired) electrons. The van der Waals surface area contributed by atoms with Crippen LogP contribution < -0.4 is 20.5 Å². The predicted octanol–water partition coefficient (Wildman–Crippen LogP) is 4.10. The van der Waals surface area contributed by atoms with Crippen LogP contribution in [0.5, 0.6) is 11.5 Å². The number of methoxy groups -OCH3 is 2. The molecule has 1 amide bonds. The second-order valence-corrected chi connectivity index (χ2v) is 7.84. The molecule has 4 aromatic rings. The maximum absolute atomic E-state index is 12.7. The van der Waals surface area contributed by atoms with Gasteiger partial charge in [0.2, 0.25) is 5.89 Å². The van der Waals surface area contributed by atoms with E-state index in [9.17, 15) is 4.79 Å². The number of carbonyl (C=O) groups is 1. The van der Waals surface area contributed by atoms with Gasteiger partial charge in [0.05, 0.1) is 26.3 Å². The SMILES string of the molecule is COc1ccc(-c2nc(Cn3nnc(C(=O)Nc4cccc(Cl)c4C)c3N)c(C)o2)c(OC)c1. The highest BCUT2D eigenvalue weighted by Crippen LogP contribution is 2.34. The Morgan fingerprint density at radius 1 is 1.21 bits per heavy atom. The lowest BCUT2D eigenvalue weighted by atomic mass is 10.2. The summed E-state index contributed by atoms with van der Waals surface area (Å²) < 4.78 is 17.9. The molecule has 0 fully saturated rings. The number of ether oxygens (including phenoxy) is 2. The molecule has 10 nitrogen and oxygen atoms in total. The number of nitrogens with two attached hydrogens (primary N) is 1. The molecule has 2 aromatic heterocycles. The summed E-state index contributed by atoms with van der Waals surface area (Å²) in [5, 5.41) is 11.3. The summed E-state index contributed by atoms with van der Waals surface area (Å²) in [6.07, 6.45) is 0. The van der Waals surface area contributed by atoms with Gasteiger partial charge in [-0.15, -0.1) is 5.10 Å². The third kappa shape index (κ3) is 4.40. The van der Waals surface area contributed by atoms with Crippen LogP contribution in [0.4, 0.5) is 11.5 Å². The van der Waals surface area contributed by atoms with Gasteiger partial charge in [-0.2, -0.15) is 0 Å². The number of anilines is 2. The van der Waals surface area contributed by atoms with Crippen molar-refractivity contribution < 1.29 is 18.7 Å². The fraction of sp³-hybridized carbons (Fsp3) is 0.217. The molecule has 176 valence electrons. The minimum atomic E-state index is -0.491. The van der Waals surface area contributed by atoms with Gasteiger partial charge < -0.3 is 24.9 Å². The Balaban J connectivity index is 1.56. The van der Waals surface area contributed by atoms with Gasteiger partial charge in [0.25, 0.3) is 5.91 Å². The van der Waals surface area contributed by atoms with Gasteiger partial charge in [-0.05, 0) is 43.7 Å². The lowest BCUT2D eigenvalue weighted by molar-refractivity contribution is 0.102. The van der Waals surface area contributed by atoms with E-state index < -0.39 is 5.91 Å². The van der Waals surface area contributed by atoms with Gasteiger partial charge in [-0.3, -0.25) is 4.79 Å². The van der Waals surface area contributed by atoms with Crippen molar-refractivity contribution in [2.45, 2.75) is 20.4 Å². The summed E-state index contributed by atoms with van der Waals surface area (Å²) in [5.41, 5.74) is 8.73. The van der Waals surface area contributed by atoms with E-state index >= 15 is 0 Å². The topological polar surface area (TPSA) is 130 Å². The number of amides is 1. The number of halogens is 1. The van der Waals surface area contributed by atoms with Crippen molar-refractivity contribution in [3.8, 4) is 23.0 Å². The van der Waals surface area contributed by atoms with Crippen LogP contribution >= 0.6 is 11.6 Å². The Bertz CT molecular complexity index is 1360. The molecule has 0 saturated heterocycles. The van der Waals surface area contributed by atoms with E-state index in [-0.39, 0.29) is 18.1 Å². The molecule has 34 heavy (non-hydrogen) atoms. The lowest BCUT2D eigenvalue weighted by Crippen LogP contribution is -2.16. The molecule has 3 N–H and O–H groups in total. The quantitative estimate of drug-likeness (QED) is 0.402. The molecule has 4 rings (SSSR count). The summed E-state index contributed by atoms with van der Waals surface area (Å²) >= 11 is 6.13. The zero-order valence-electron chi connectivity index (χ0n) is 19.0. The van der Waals surface area contributed by atoms with Crippen molar-refractivity contribution in [3.63, 3.8) is 0 Å². The zero-order valence-corrected chi connectivity index (χ0v) is 19.8. The molecule has 0 atom stereocenters. The van der Waals surface area contributed by atoms with E-state index in [1.807, 2.05) is 0 Å². The molecule has 0 aliphatic rings. The highest BCUT2D eigenvalue weighted by atomic mass is 35.5. The summed E-state index contributed by atoms with van der Waals surface area (Å²) in [6, 6.07) is 10.6. The van der Waals surface area contributed by atoms with Crippen LogP contribution in [0.3, 0.4) is 0 Å². The molecule has 0 saturated carbocycles. The molecule has 0 bridgehead atoms. The van der Waals surface area contributed by atoms with Gasteiger partial charge in [-0.25, -0.2) is 9.67 Å². The average molecular weight is 483 g/mol. The third-order valence-electron chi connectivity index (χ3n) is 5.34. The Kier molecular flexibility index (Phi) is 6.42. The lowest BCUT2D eigenvalue weighted by Gasteiger charge is -2.08. The molecular formula is C23H23ClN6O4. The fourth-order valence-electron chi connectivity index (χ4n) is 3.33. The van der Waals surface area contributed by atoms with Crippen molar-refractivity contribution in [2.24, 2.45) is 0 Å². The van der Waals surface area contributed by atoms with Crippen LogP contribution in [0.2, 0.25) is 5.02 Å². The first-order valence-electron chi connectivity index (χ1n) is 10.3. The van der Waals surface area contributed by atoms with Crippen LogP contribution in [0, 0.1) is 13.8 Å². The number of rotatable bonds is 7. The average Bonchev–Trinajstić information content (AvgIpc) is 3.38. The van der Waals surface area contributed by atoms with Gasteiger partial charge in [-0.1, -0.05) is 22.9 Å². The summed E-state index contributed by atoms with van der Waals surface area (Å²) in [6.45, 7) is 3.75. The second-order valence-electron chi connectivity index (χ2n) is 7.44. The van der Waals surface area contributed by atoms with E-state index in [0.29, 0.717) is 45.1 Å². The molecular weight excluding hydrogens is 460 g/mol. The van der Waals surface area contributed by atoms with E-state index in [4.69, 9.17) is 31.2 Å². The number of oxazole rings is 1. The van der Waals surface area contributed by atoms with E-state index in [2.05, 4.69) is 20.6 Å². The van der Waals surface area contributed by atoms with Crippen LogP contribution in [0.25, 0.3) is 11.5 Å². The number of benzene rings is 2. The maximum Gasteiger partial charge on any atom is 0.280 e. The third-order valence-corrected chi connectivity index (χ3v) is 5.75. The molecule has 0 unspecified atom stereocenters. The van der Waals surface area contributed by atoms with Crippen molar-refractivity contribution in [3.05, 3.63) is 64.1 Å². The van der Waals surface area contributed by atoms with Gasteiger partial charge in [0.1, 0.15) is 23.0 Å². The Hall–Kier alpha value is -4.05. The summed E-state index contributed by atoms with van der Waals surface area (Å²) in [7, 11) is 3.14. The highest BCUT2D eigenvalue weighted by molar-refractivity contribution is 6.31. The fourth-order valence-corrected chi connectivity index (χ4v) is 3.50. The summed E-state index contributed by atoms with van der Waals surface area (Å²) in [5.74, 6) is 1.77. The van der Waals surface area contributed by atoms with E-state index in [1.165, 1.54) is 4.68 Å². The number of hydrogen-bond donors (Lipinski definition) is 2. The number of aromatic nitrogens is 4. The minimum Gasteiger partial charge on any atom is -0.497 e. The van der Waals surface area contributed by atoms with Gasteiger partial charge in [0.15, 0.2) is 11.5 Å². The largest absolute Gasteiger partial charge is 0.497 e. The van der Waals surface area contributed by atoms with Gasteiger partial charge >= 0.3 is 0 Å². The Labute approximate surface area is 200 Å². The van der Waals surface area contributed by atoms with Crippen molar-refractivity contribution >= 4 is 29.0 Å². The highest BCUT2D eigenvalue weighted by Gasteiger charge is 2.21. The molecule has 0 spiro atoms. The van der Waals surface area contributed by atoms with Crippen LogP contribution in [0.1, 0.15) is 27.5 Å². The number of nitrogens with one attached hydrogen (secondary N) is 1. The number of nitrogen functional groups attached to an aromatic ring is 1. The number of carbonyl (C=O) groups excluding carboxylic acids is 1. The van der Waals surface area contributed by atoms with Crippen LogP contribution in [-0.2, 0) is 6.54 Å². The molecule has 2 heterocycles. The number of nitrogens with zero attached hydrogens (tertiary/aromatic N) is 4. The van der Waals surface area contributed by atoms with E-state index in [0.717, 1.165) is 5.56 Å².